The van der Waals surface area contributed by atoms with Crippen LogP contribution < -0.4 is 4.74 Å². The number of azo groups is 1. The van der Waals surface area contributed by atoms with Gasteiger partial charge >= 0.3 is 0 Å². The van der Waals surface area contributed by atoms with Crippen LogP contribution in [-0.4, -0.2) is 17.3 Å². The highest BCUT2D eigenvalue weighted by molar-refractivity contribution is 5.41. The maximum Gasteiger partial charge on any atom is 0.123 e. The molecule has 5 nitrogen and oxygen atoms in total. The highest BCUT2D eigenvalue weighted by Gasteiger charge is 1.92. The molecule has 0 aliphatic carbocycles. The third-order valence-corrected chi connectivity index (χ3v) is 1.84. The van der Waals surface area contributed by atoms with E-state index in [1.54, 1.807) is 19.5 Å². The van der Waals surface area contributed by atoms with Gasteiger partial charge in [0, 0.05) is 6.20 Å². The Bertz CT molecular complexity index is 433. The summed E-state index contributed by atoms with van der Waals surface area (Å²) in [6, 6.07) is 7.35. The van der Waals surface area contributed by atoms with Crippen LogP contribution in [0.2, 0.25) is 0 Å². The van der Waals surface area contributed by atoms with Crippen molar-refractivity contribution in [2.24, 2.45) is 10.2 Å². The van der Waals surface area contributed by atoms with Crippen molar-refractivity contribution in [3.05, 3.63) is 36.7 Å². The number of hydrogen-bond donors (Lipinski definition) is 1. The minimum atomic E-state index is 0.700. The summed E-state index contributed by atoms with van der Waals surface area (Å²) in [6.07, 6.45) is 3.28. The number of ether oxygens (including phenoxy) is 1. The summed E-state index contributed by atoms with van der Waals surface area (Å²) in [5, 5.41) is 14.4. The van der Waals surface area contributed by atoms with E-state index in [0.29, 0.717) is 5.69 Å². The smallest absolute Gasteiger partial charge is 0.123 e. The zero-order valence-electron chi connectivity index (χ0n) is 8.21. The third kappa shape index (κ3) is 2.40. The molecule has 0 spiro atoms. The van der Waals surface area contributed by atoms with Crippen molar-refractivity contribution < 1.29 is 4.74 Å². The lowest BCUT2D eigenvalue weighted by Crippen LogP contribution is -1.79. The first-order valence-electron chi connectivity index (χ1n) is 4.43. The van der Waals surface area contributed by atoms with Crippen molar-refractivity contribution in [2.45, 2.75) is 0 Å². The topological polar surface area (TPSA) is 62.6 Å². The summed E-state index contributed by atoms with van der Waals surface area (Å²) < 4.78 is 5.03. The fourth-order valence-electron chi connectivity index (χ4n) is 1.06. The Morgan fingerprint density at radius 1 is 1.13 bits per heavy atom. The second kappa shape index (κ2) is 4.36. The van der Waals surface area contributed by atoms with Crippen molar-refractivity contribution in [1.29, 1.82) is 0 Å². The van der Waals surface area contributed by atoms with Crippen LogP contribution >= 0.6 is 0 Å². The van der Waals surface area contributed by atoms with Crippen molar-refractivity contribution >= 4 is 11.4 Å². The molecule has 0 radical (unpaired) electrons. The van der Waals surface area contributed by atoms with Gasteiger partial charge in [0.05, 0.1) is 19.0 Å². The van der Waals surface area contributed by atoms with Crippen LogP contribution in [-0.2, 0) is 0 Å². The van der Waals surface area contributed by atoms with Crippen LogP contribution in [0.5, 0.6) is 5.75 Å². The Morgan fingerprint density at radius 3 is 2.47 bits per heavy atom. The predicted octanol–water partition coefficient (Wildman–Crippen LogP) is 2.83. The van der Waals surface area contributed by atoms with E-state index in [0.717, 1.165) is 11.4 Å². The zero-order valence-corrected chi connectivity index (χ0v) is 8.21. The quantitative estimate of drug-likeness (QED) is 0.778. The number of nitrogens with one attached hydrogen (secondary N) is 1. The number of aromatic amines is 1. The Morgan fingerprint density at radius 2 is 1.87 bits per heavy atom. The molecule has 0 aliphatic rings. The van der Waals surface area contributed by atoms with Crippen molar-refractivity contribution in [1.82, 2.24) is 10.2 Å². The van der Waals surface area contributed by atoms with Crippen LogP contribution in [0.3, 0.4) is 0 Å². The molecule has 0 amide bonds. The number of aromatic nitrogens is 2. The first-order valence-corrected chi connectivity index (χ1v) is 4.43. The molecule has 0 saturated carbocycles. The summed E-state index contributed by atoms with van der Waals surface area (Å²) >= 11 is 0. The van der Waals surface area contributed by atoms with Gasteiger partial charge in [-0.15, -0.1) is 5.11 Å². The molecule has 0 atom stereocenters. The largest absolute Gasteiger partial charge is 0.497 e. The summed E-state index contributed by atoms with van der Waals surface area (Å²) in [4.78, 5) is 0. The van der Waals surface area contributed by atoms with Crippen LogP contribution in [0.4, 0.5) is 11.4 Å². The standard InChI is InChI=1S/C10H10N4O/c1-15-10-4-2-8(3-5-10)13-14-9-6-11-12-7-9/h2-7H,1H3,(H,11,12). The summed E-state index contributed by atoms with van der Waals surface area (Å²) in [6.45, 7) is 0. The maximum absolute atomic E-state index is 5.03. The molecule has 76 valence electrons. The third-order valence-electron chi connectivity index (χ3n) is 1.84. The second-order valence-electron chi connectivity index (χ2n) is 2.85. The molecule has 0 saturated heterocycles. The Kier molecular flexibility index (Phi) is 2.73. The summed E-state index contributed by atoms with van der Waals surface area (Å²) in [7, 11) is 1.63. The molecule has 2 rings (SSSR count). The normalized spacial score (nSPS) is 10.7. The number of hydrogen-bond acceptors (Lipinski definition) is 4. The van der Waals surface area contributed by atoms with E-state index in [1.165, 1.54) is 0 Å². The van der Waals surface area contributed by atoms with E-state index in [-0.39, 0.29) is 0 Å². The molecule has 0 fully saturated rings. The monoisotopic (exact) mass is 202 g/mol. The van der Waals surface area contributed by atoms with Gasteiger partial charge in [-0.3, -0.25) is 5.10 Å². The fourth-order valence-corrected chi connectivity index (χ4v) is 1.06. The lowest BCUT2D eigenvalue weighted by atomic mass is 10.3. The summed E-state index contributed by atoms with van der Waals surface area (Å²) in [5.74, 6) is 0.803. The molecule has 0 bridgehead atoms. The van der Waals surface area contributed by atoms with Gasteiger partial charge in [-0.25, -0.2) is 0 Å². The first-order chi connectivity index (χ1) is 7.38. The number of rotatable bonds is 3. The molecule has 1 heterocycles. The Hall–Kier alpha value is -2.17. The second-order valence-corrected chi connectivity index (χ2v) is 2.85. The van der Waals surface area contributed by atoms with E-state index in [2.05, 4.69) is 20.4 Å². The molecule has 1 aromatic heterocycles. The SMILES string of the molecule is COc1ccc(N=Nc2cn[nH]c2)cc1. The molecule has 1 N–H and O–H groups in total. The lowest BCUT2D eigenvalue weighted by molar-refractivity contribution is 0.415. The van der Waals surface area contributed by atoms with Gasteiger partial charge in [0.15, 0.2) is 0 Å². The minimum Gasteiger partial charge on any atom is -0.497 e. The van der Waals surface area contributed by atoms with Gasteiger partial charge in [-0.05, 0) is 24.3 Å². The van der Waals surface area contributed by atoms with Gasteiger partial charge in [-0.1, -0.05) is 0 Å². The van der Waals surface area contributed by atoms with Gasteiger partial charge in [0.25, 0.3) is 0 Å². The van der Waals surface area contributed by atoms with E-state index in [9.17, 15) is 0 Å². The van der Waals surface area contributed by atoms with Crippen molar-refractivity contribution in [3.8, 4) is 5.75 Å². The van der Waals surface area contributed by atoms with E-state index in [1.807, 2.05) is 24.3 Å². The van der Waals surface area contributed by atoms with Gasteiger partial charge in [0.1, 0.15) is 11.4 Å². The molecule has 2 aromatic rings. The first kappa shape index (κ1) is 9.39. The molecule has 5 heteroatoms. The van der Waals surface area contributed by atoms with Crippen LogP contribution in [0.1, 0.15) is 0 Å². The minimum absolute atomic E-state index is 0.700. The molecule has 1 aromatic carbocycles. The molecule has 15 heavy (non-hydrogen) atoms. The fraction of sp³-hybridized carbons (Fsp3) is 0.100. The average molecular weight is 202 g/mol. The van der Waals surface area contributed by atoms with Gasteiger partial charge in [0.2, 0.25) is 0 Å². The number of nitrogens with zero attached hydrogens (tertiary/aromatic N) is 3. The van der Waals surface area contributed by atoms with Gasteiger partial charge in [-0.2, -0.15) is 10.2 Å². The number of benzene rings is 1. The number of methoxy groups -OCH3 is 1. The summed E-state index contributed by atoms with van der Waals surface area (Å²) in [5.41, 5.74) is 1.47. The zero-order chi connectivity index (χ0) is 10.5. The van der Waals surface area contributed by atoms with Crippen LogP contribution in [0.15, 0.2) is 46.9 Å². The lowest BCUT2D eigenvalue weighted by Gasteiger charge is -1.97. The molecular weight excluding hydrogens is 192 g/mol. The Labute approximate surface area is 86.8 Å². The highest BCUT2D eigenvalue weighted by atomic mass is 16.5. The Balaban J connectivity index is 2.11. The predicted molar refractivity (Wildman–Crippen MR) is 55.8 cm³/mol. The van der Waals surface area contributed by atoms with Crippen LogP contribution in [0.25, 0.3) is 0 Å². The van der Waals surface area contributed by atoms with Gasteiger partial charge < -0.3 is 4.74 Å². The van der Waals surface area contributed by atoms with E-state index < -0.39 is 0 Å². The molecule has 0 unspecified atom stereocenters. The van der Waals surface area contributed by atoms with E-state index in [4.69, 9.17) is 4.74 Å². The van der Waals surface area contributed by atoms with Crippen molar-refractivity contribution in [3.63, 3.8) is 0 Å². The van der Waals surface area contributed by atoms with E-state index >= 15 is 0 Å². The highest BCUT2D eigenvalue weighted by Crippen LogP contribution is 2.20. The average Bonchev–Trinajstić information content (AvgIpc) is 2.80. The van der Waals surface area contributed by atoms with Crippen LogP contribution in [0, 0.1) is 0 Å². The molecule has 0 aliphatic heterocycles. The van der Waals surface area contributed by atoms with Crippen molar-refractivity contribution in [2.75, 3.05) is 7.11 Å². The number of H-pyrrole nitrogens is 1. The molecular formula is C10H10N4O. The maximum atomic E-state index is 5.03.